The van der Waals surface area contributed by atoms with Crippen molar-refractivity contribution >= 4 is 36.1 Å². The molecule has 2 heterocycles. The number of nitrogens with zero attached hydrogens (tertiary/aromatic N) is 1. The highest BCUT2D eigenvalue weighted by Crippen LogP contribution is 2.39. The number of ether oxygens (including phenoxy) is 3. The first-order valence-electron chi connectivity index (χ1n) is 16.1. The van der Waals surface area contributed by atoms with Gasteiger partial charge >= 0.3 is 0 Å². The molecule has 1 aromatic heterocycles. The van der Waals surface area contributed by atoms with Crippen molar-refractivity contribution in [3.63, 3.8) is 0 Å². The minimum Gasteiger partial charge on any atom is -0.400 e. The number of hydrogen-bond donors (Lipinski definition) is 0. The zero-order valence-electron chi connectivity index (χ0n) is 27.8. The fourth-order valence-corrected chi connectivity index (χ4v) is 11.1. The summed E-state index contributed by atoms with van der Waals surface area (Å²) in [4.78, 5) is 4.66. The van der Waals surface area contributed by atoms with Crippen LogP contribution in [0.15, 0.2) is 83.5 Å². The van der Waals surface area contributed by atoms with E-state index in [9.17, 15) is 0 Å². The molecule has 0 radical (unpaired) electrons. The number of halogens is 1. The smallest absolute Gasteiger partial charge is 0.261 e. The van der Waals surface area contributed by atoms with Crippen LogP contribution in [0.3, 0.4) is 0 Å². The molecule has 0 aliphatic carbocycles. The van der Waals surface area contributed by atoms with Crippen LogP contribution in [0.4, 0.5) is 4.39 Å². The minimum absolute atomic E-state index is 0.0791. The first-order chi connectivity index (χ1) is 21.6. The predicted octanol–water partition coefficient (Wildman–Crippen LogP) is 8.24. The minimum atomic E-state index is -2.89. The summed E-state index contributed by atoms with van der Waals surface area (Å²) in [6, 6.07) is 21.1. The van der Waals surface area contributed by atoms with Crippen molar-refractivity contribution in [2.75, 3.05) is 26.4 Å². The van der Waals surface area contributed by atoms with Gasteiger partial charge in [-0.2, -0.15) is 0 Å². The highest BCUT2D eigenvalue weighted by atomic mass is 32.1. The molecule has 1 aliphatic heterocycles. The Hall–Kier alpha value is -2.46. The molecule has 0 bridgehead atoms. The number of aryl methyl sites for hydroxylation is 1. The Bertz CT molecular complexity index is 1330. The molecule has 1 unspecified atom stereocenters. The van der Waals surface area contributed by atoms with Crippen LogP contribution in [0.5, 0.6) is 0 Å². The van der Waals surface area contributed by atoms with Gasteiger partial charge in [0.05, 0.1) is 36.6 Å². The van der Waals surface area contributed by atoms with Crippen LogP contribution < -0.4 is 10.4 Å². The van der Waals surface area contributed by atoms with E-state index in [1.54, 1.807) is 17.4 Å². The topological polar surface area (TPSA) is 49.8 Å². The number of aromatic nitrogens is 1. The van der Waals surface area contributed by atoms with Crippen molar-refractivity contribution in [2.45, 2.75) is 84.7 Å². The molecule has 3 aromatic rings. The molecule has 5 nitrogen and oxygen atoms in total. The van der Waals surface area contributed by atoms with E-state index in [2.05, 4.69) is 87.3 Å². The quantitative estimate of drug-likeness (QED) is 0.155. The van der Waals surface area contributed by atoms with Gasteiger partial charge in [-0.05, 0) is 72.7 Å². The molecule has 2 aromatic carbocycles. The Balaban J connectivity index is 1.55. The van der Waals surface area contributed by atoms with Crippen LogP contribution in [-0.4, -0.2) is 52.1 Å². The van der Waals surface area contributed by atoms with Crippen LogP contribution in [0.25, 0.3) is 6.08 Å². The van der Waals surface area contributed by atoms with E-state index in [1.165, 1.54) is 10.4 Å². The van der Waals surface area contributed by atoms with Gasteiger partial charge in [0.2, 0.25) is 0 Å². The average molecular weight is 652 g/mol. The first-order valence-corrected chi connectivity index (χ1v) is 18.9. The Morgan fingerprint density at radius 3 is 2.29 bits per heavy atom. The van der Waals surface area contributed by atoms with Crippen molar-refractivity contribution in [2.24, 2.45) is 5.92 Å². The van der Waals surface area contributed by atoms with Gasteiger partial charge in [-0.1, -0.05) is 88.4 Å². The Kier molecular flexibility index (Phi) is 13.3. The Labute approximate surface area is 274 Å². The molecule has 244 valence electrons. The van der Waals surface area contributed by atoms with Gasteiger partial charge in [0.1, 0.15) is 5.83 Å². The van der Waals surface area contributed by atoms with Crippen LogP contribution >= 0.6 is 11.3 Å². The Morgan fingerprint density at radius 2 is 1.73 bits per heavy atom. The van der Waals surface area contributed by atoms with Crippen LogP contribution in [0.2, 0.25) is 5.04 Å². The highest BCUT2D eigenvalue weighted by molar-refractivity contribution is 7.09. The molecule has 1 saturated heterocycles. The molecule has 8 heteroatoms. The number of hydrogen-bond acceptors (Lipinski definition) is 6. The molecular formula is C37H50FNO4SSi. The third-order valence-electron chi connectivity index (χ3n) is 8.16. The zero-order chi connectivity index (χ0) is 32.3. The lowest BCUT2D eigenvalue weighted by molar-refractivity contribution is -0.170. The van der Waals surface area contributed by atoms with Crippen molar-refractivity contribution < 1.29 is 23.0 Å². The maximum atomic E-state index is 15.3. The molecule has 4 rings (SSSR count). The number of thiazole rings is 1. The molecule has 3 atom stereocenters. The molecular weight excluding hydrogens is 602 g/mol. The second-order valence-electron chi connectivity index (χ2n) is 13.1. The molecule has 1 fully saturated rings. The molecule has 0 N–H and O–H groups in total. The van der Waals surface area contributed by atoms with Gasteiger partial charge in [0.15, 0.2) is 6.29 Å². The van der Waals surface area contributed by atoms with Gasteiger partial charge < -0.3 is 18.6 Å². The van der Waals surface area contributed by atoms with E-state index in [0.717, 1.165) is 42.1 Å². The lowest BCUT2D eigenvalue weighted by Crippen LogP contribution is -2.67. The maximum absolute atomic E-state index is 15.3. The number of rotatable bonds is 15. The lowest BCUT2D eigenvalue weighted by atomic mass is 10.1. The molecule has 45 heavy (non-hydrogen) atoms. The SMILES string of the molecule is CC(=Cc1csc(C)n1)[C@H](CC=C(F)COC[C@H](C)COC1CCCCO1)O[Si](c1ccccc1)(c1ccccc1)C(C)(C)C. The second-order valence-corrected chi connectivity index (χ2v) is 18.4. The van der Waals surface area contributed by atoms with E-state index >= 15 is 4.39 Å². The average Bonchev–Trinajstić information content (AvgIpc) is 3.45. The summed E-state index contributed by atoms with van der Waals surface area (Å²) in [5.74, 6) is -0.159. The van der Waals surface area contributed by atoms with Crippen molar-refractivity contribution in [3.8, 4) is 0 Å². The Morgan fingerprint density at radius 1 is 1.07 bits per heavy atom. The maximum Gasteiger partial charge on any atom is 0.261 e. The van der Waals surface area contributed by atoms with Crippen LogP contribution in [0, 0.1) is 12.8 Å². The normalized spacial score (nSPS) is 18.2. The summed E-state index contributed by atoms with van der Waals surface area (Å²) < 4.78 is 40.1. The summed E-state index contributed by atoms with van der Waals surface area (Å²) >= 11 is 1.62. The molecule has 0 spiro atoms. The standard InChI is InChI=1S/C37H50FNO4SSi/c1-28(25-42-36-19-13-14-22-41-36)24-40-26-31(38)20-21-35(29(2)23-32-27-44-30(3)39-32)43-45(37(4,5)6,33-15-9-7-10-16-33)34-17-11-8-12-18-34/h7-12,15-18,20,23,27-28,35-36H,13-14,19,21-22,24-26H2,1-6H3/t28-,35-,36?/m0/s1. The third kappa shape index (κ3) is 10.0. The summed E-state index contributed by atoms with van der Waals surface area (Å²) in [5, 5.41) is 5.22. The van der Waals surface area contributed by atoms with Gasteiger partial charge in [0, 0.05) is 17.9 Å². The summed E-state index contributed by atoms with van der Waals surface area (Å²) in [5.41, 5.74) is 1.91. The largest absolute Gasteiger partial charge is 0.400 e. The summed E-state index contributed by atoms with van der Waals surface area (Å²) in [6.45, 7) is 14.5. The van der Waals surface area contributed by atoms with Gasteiger partial charge in [-0.15, -0.1) is 11.3 Å². The molecule has 0 saturated carbocycles. The number of benzene rings is 2. The van der Waals surface area contributed by atoms with Crippen LogP contribution in [0.1, 0.15) is 71.0 Å². The monoisotopic (exact) mass is 651 g/mol. The first kappa shape index (κ1) is 35.4. The van der Waals surface area contributed by atoms with E-state index in [0.29, 0.717) is 19.6 Å². The van der Waals surface area contributed by atoms with Crippen molar-refractivity contribution in [1.29, 1.82) is 0 Å². The van der Waals surface area contributed by atoms with Crippen molar-refractivity contribution in [1.82, 2.24) is 4.98 Å². The van der Waals surface area contributed by atoms with Gasteiger partial charge in [0.25, 0.3) is 8.32 Å². The van der Waals surface area contributed by atoms with E-state index in [-0.39, 0.29) is 35.8 Å². The van der Waals surface area contributed by atoms with Gasteiger partial charge in [-0.25, -0.2) is 9.37 Å². The summed E-state index contributed by atoms with van der Waals surface area (Å²) in [6.07, 6.45) is 6.73. The van der Waals surface area contributed by atoms with Crippen molar-refractivity contribution in [3.05, 3.63) is 94.2 Å². The van der Waals surface area contributed by atoms with E-state index in [1.807, 2.05) is 31.4 Å². The lowest BCUT2D eigenvalue weighted by Gasteiger charge is -2.45. The third-order valence-corrected chi connectivity index (χ3v) is 14.0. The zero-order valence-corrected chi connectivity index (χ0v) is 29.6. The fraction of sp³-hybridized carbons (Fsp3) is 0.486. The highest BCUT2D eigenvalue weighted by Gasteiger charge is 2.51. The summed E-state index contributed by atoms with van der Waals surface area (Å²) in [7, 11) is -2.89. The predicted molar refractivity (Wildman–Crippen MR) is 186 cm³/mol. The van der Waals surface area contributed by atoms with Crippen LogP contribution in [-0.2, 0) is 18.6 Å². The second kappa shape index (κ2) is 16.9. The van der Waals surface area contributed by atoms with Gasteiger partial charge in [-0.3, -0.25) is 0 Å². The molecule has 1 aliphatic rings. The van der Waals surface area contributed by atoms with E-state index in [4.69, 9.17) is 18.6 Å². The fourth-order valence-electron chi connectivity index (χ4n) is 5.82. The molecule has 0 amide bonds. The van der Waals surface area contributed by atoms with E-state index < -0.39 is 8.32 Å².